The number of aromatic nitrogens is 5. The molecule has 0 amide bonds. The standard InChI is InChI=1S/C21H17BrFN7/c22-14-4-5-16(23)15(13-14)19-27-20-18(25-7-8-26-20)21(28-19)30-11-9-29(10-12-30)17-3-1-2-6-24-17/h1-8,13H,9-12H2. The van der Waals surface area contributed by atoms with Crippen LogP contribution in [0.3, 0.4) is 0 Å². The van der Waals surface area contributed by atoms with Gasteiger partial charge in [0, 0.05) is 49.2 Å². The van der Waals surface area contributed by atoms with Crippen molar-refractivity contribution in [2.75, 3.05) is 36.0 Å². The van der Waals surface area contributed by atoms with Gasteiger partial charge in [0.05, 0.1) is 5.56 Å². The normalized spacial score (nSPS) is 14.3. The molecular formula is C21H17BrFN7. The number of rotatable bonds is 3. The number of pyridine rings is 1. The third-order valence-electron chi connectivity index (χ3n) is 5.04. The zero-order valence-electron chi connectivity index (χ0n) is 15.9. The second-order valence-corrected chi connectivity index (χ2v) is 7.80. The first kappa shape index (κ1) is 18.8. The molecule has 5 rings (SSSR count). The number of hydrogen-bond donors (Lipinski definition) is 0. The Kier molecular flexibility index (Phi) is 4.96. The Morgan fingerprint density at radius 2 is 1.63 bits per heavy atom. The van der Waals surface area contributed by atoms with E-state index in [0.29, 0.717) is 28.4 Å². The second-order valence-electron chi connectivity index (χ2n) is 6.89. The molecule has 4 heterocycles. The van der Waals surface area contributed by atoms with Crippen molar-refractivity contribution in [3.05, 3.63) is 65.3 Å². The van der Waals surface area contributed by atoms with Gasteiger partial charge >= 0.3 is 0 Å². The Labute approximate surface area is 180 Å². The summed E-state index contributed by atoms with van der Waals surface area (Å²) in [4.78, 5) is 26.8. The summed E-state index contributed by atoms with van der Waals surface area (Å²) in [5.74, 6) is 1.54. The molecule has 9 heteroatoms. The lowest BCUT2D eigenvalue weighted by atomic mass is 10.2. The molecule has 0 spiro atoms. The largest absolute Gasteiger partial charge is 0.353 e. The van der Waals surface area contributed by atoms with Crippen LogP contribution in [0.2, 0.25) is 0 Å². The highest BCUT2D eigenvalue weighted by atomic mass is 79.9. The van der Waals surface area contributed by atoms with Crippen molar-refractivity contribution >= 4 is 38.7 Å². The highest BCUT2D eigenvalue weighted by Gasteiger charge is 2.23. The van der Waals surface area contributed by atoms with Crippen LogP contribution in [0.5, 0.6) is 0 Å². The SMILES string of the molecule is Fc1ccc(Br)cc1-c1nc(N2CCN(c3ccccn3)CC2)c2nccnc2n1. The molecule has 3 aromatic heterocycles. The van der Waals surface area contributed by atoms with Gasteiger partial charge in [0.1, 0.15) is 11.6 Å². The summed E-state index contributed by atoms with van der Waals surface area (Å²) in [6.45, 7) is 3.06. The Hall–Kier alpha value is -3.20. The highest BCUT2D eigenvalue weighted by molar-refractivity contribution is 9.10. The topological polar surface area (TPSA) is 70.9 Å². The lowest BCUT2D eigenvalue weighted by Crippen LogP contribution is -2.47. The van der Waals surface area contributed by atoms with Crippen LogP contribution < -0.4 is 9.80 Å². The van der Waals surface area contributed by atoms with Gasteiger partial charge in [0.15, 0.2) is 22.8 Å². The van der Waals surface area contributed by atoms with Gasteiger partial charge in [-0.2, -0.15) is 0 Å². The van der Waals surface area contributed by atoms with E-state index in [4.69, 9.17) is 4.98 Å². The third-order valence-corrected chi connectivity index (χ3v) is 5.53. The van der Waals surface area contributed by atoms with Gasteiger partial charge in [-0.15, -0.1) is 0 Å². The first-order valence-corrected chi connectivity index (χ1v) is 10.3. The molecule has 30 heavy (non-hydrogen) atoms. The first-order valence-electron chi connectivity index (χ1n) is 9.54. The summed E-state index contributed by atoms with van der Waals surface area (Å²) in [5, 5.41) is 0. The summed E-state index contributed by atoms with van der Waals surface area (Å²) in [6, 6.07) is 10.6. The zero-order valence-corrected chi connectivity index (χ0v) is 17.5. The van der Waals surface area contributed by atoms with Crippen LogP contribution in [0, 0.1) is 5.82 Å². The van der Waals surface area contributed by atoms with Crippen molar-refractivity contribution in [2.24, 2.45) is 0 Å². The van der Waals surface area contributed by atoms with Crippen LogP contribution >= 0.6 is 15.9 Å². The molecule has 0 saturated carbocycles. The van der Waals surface area contributed by atoms with Crippen molar-refractivity contribution in [3.8, 4) is 11.4 Å². The van der Waals surface area contributed by atoms with Crippen LogP contribution in [0.4, 0.5) is 16.0 Å². The molecule has 0 atom stereocenters. The van der Waals surface area contributed by atoms with Crippen LogP contribution in [-0.4, -0.2) is 51.1 Å². The van der Waals surface area contributed by atoms with Crippen molar-refractivity contribution in [1.82, 2.24) is 24.9 Å². The number of benzene rings is 1. The molecule has 150 valence electrons. The quantitative estimate of drug-likeness (QED) is 0.456. The van der Waals surface area contributed by atoms with Gasteiger partial charge < -0.3 is 9.80 Å². The lowest BCUT2D eigenvalue weighted by Gasteiger charge is -2.36. The average molecular weight is 466 g/mol. The van der Waals surface area contributed by atoms with E-state index in [9.17, 15) is 4.39 Å². The molecule has 0 bridgehead atoms. The minimum atomic E-state index is -0.382. The fraction of sp³-hybridized carbons (Fsp3) is 0.190. The highest BCUT2D eigenvalue weighted by Crippen LogP contribution is 2.29. The molecule has 0 radical (unpaired) electrons. The molecule has 1 saturated heterocycles. The number of fused-ring (bicyclic) bond motifs is 1. The van der Waals surface area contributed by atoms with E-state index in [2.05, 4.69) is 45.7 Å². The van der Waals surface area contributed by atoms with Crippen molar-refractivity contribution in [3.63, 3.8) is 0 Å². The van der Waals surface area contributed by atoms with E-state index < -0.39 is 0 Å². The monoisotopic (exact) mass is 465 g/mol. The molecule has 1 aromatic carbocycles. The predicted molar refractivity (Wildman–Crippen MR) is 117 cm³/mol. The van der Waals surface area contributed by atoms with Crippen LogP contribution in [0.25, 0.3) is 22.6 Å². The fourth-order valence-electron chi connectivity index (χ4n) is 3.55. The second kappa shape index (κ2) is 7.91. The Balaban J connectivity index is 1.52. The maximum Gasteiger partial charge on any atom is 0.184 e. The van der Waals surface area contributed by atoms with Gasteiger partial charge in [0.2, 0.25) is 0 Å². The Bertz CT molecular complexity index is 1200. The van der Waals surface area contributed by atoms with E-state index >= 15 is 0 Å². The lowest BCUT2D eigenvalue weighted by molar-refractivity contribution is 0.628. The van der Waals surface area contributed by atoms with Gasteiger partial charge in [-0.3, -0.25) is 0 Å². The molecule has 1 aliphatic rings. The summed E-state index contributed by atoms with van der Waals surface area (Å²) in [6.07, 6.45) is 5.01. The number of nitrogens with zero attached hydrogens (tertiary/aromatic N) is 7. The fourth-order valence-corrected chi connectivity index (χ4v) is 3.91. The van der Waals surface area contributed by atoms with Crippen molar-refractivity contribution in [2.45, 2.75) is 0 Å². The Morgan fingerprint density at radius 3 is 2.43 bits per heavy atom. The van der Waals surface area contributed by atoms with Gasteiger partial charge in [-0.25, -0.2) is 29.3 Å². The number of halogens is 2. The first-order chi connectivity index (χ1) is 14.7. The smallest absolute Gasteiger partial charge is 0.184 e. The summed E-state index contributed by atoms with van der Waals surface area (Å²) in [7, 11) is 0. The number of hydrogen-bond acceptors (Lipinski definition) is 7. The number of anilines is 2. The summed E-state index contributed by atoms with van der Waals surface area (Å²) >= 11 is 3.40. The predicted octanol–water partition coefficient (Wildman–Crippen LogP) is 3.71. The molecule has 7 nitrogen and oxygen atoms in total. The zero-order chi connectivity index (χ0) is 20.5. The number of piperazine rings is 1. The van der Waals surface area contributed by atoms with Crippen LogP contribution in [0.1, 0.15) is 0 Å². The van der Waals surface area contributed by atoms with Gasteiger partial charge in [-0.1, -0.05) is 22.0 Å². The van der Waals surface area contributed by atoms with E-state index in [1.165, 1.54) is 6.07 Å². The molecule has 1 fully saturated rings. The molecule has 0 aliphatic carbocycles. The maximum atomic E-state index is 14.5. The Morgan fingerprint density at radius 1 is 0.833 bits per heavy atom. The van der Waals surface area contributed by atoms with Crippen molar-refractivity contribution < 1.29 is 4.39 Å². The molecular weight excluding hydrogens is 449 g/mol. The van der Waals surface area contributed by atoms with Crippen LogP contribution in [0.15, 0.2) is 59.5 Å². The minimum absolute atomic E-state index is 0.295. The minimum Gasteiger partial charge on any atom is -0.353 e. The molecule has 0 N–H and O–H groups in total. The van der Waals surface area contributed by atoms with E-state index in [-0.39, 0.29) is 5.82 Å². The van der Waals surface area contributed by atoms with Gasteiger partial charge in [0.25, 0.3) is 0 Å². The molecule has 0 unspecified atom stereocenters. The van der Waals surface area contributed by atoms with Crippen LogP contribution in [-0.2, 0) is 0 Å². The molecule has 1 aliphatic heterocycles. The van der Waals surface area contributed by atoms with E-state index in [1.807, 2.05) is 18.2 Å². The van der Waals surface area contributed by atoms with Crippen molar-refractivity contribution in [1.29, 1.82) is 0 Å². The average Bonchev–Trinajstić information content (AvgIpc) is 2.80. The molecule has 4 aromatic rings. The third kappa shape index (κ3) is 3.56. The summed E-state index contributed by atoms with van der Waals surface area (Å²) in [5.41, 5.74) is 1.39. The van der Waals surface area contributed by atoms with E-state index in [1.54, 1.807) is 30.7 Å². The van der Waals surface area contributed by atoms with E-state index in [0.717, 1.165) is 36.5 Å². The summed E-state index contributed by atoms with van der Waals surface area (Å²) < 4.78 is 15.3. The van der Waals surface area contributed by atoms with Gasteiger partial charge in [-0.05, 0) is 30.3 Å². The maximum absolute atomic E-state index is 14.5.